The van der Waals surface area contributed by atoms with E-state index in [0.717, 1.165) is 43.3 Å². The van der Waals surface area contributed by atoms with Gasteiger partial charge in [-0.15, -0.1) is 0 Å². The third-order valence-electron chi connectivity index (χ3n) is 4.57. The number of guanidine groups is 1. The molecule has 1 heterocycles. The van der Waals surface area contributed by atoms with Crippen molar-refractivity contribution in [2.24, 2.45) is 4.99 Å². The van der Waals surface area contributed by atoms with E-state index in [0.29, 0.717) is 6.54 Å². The quantitative estimate of drug-likeness (QED) is 0.432. The molecule has 2 aromatic rings. The van der Waals surface area contributed by atoms with Crippen molar-refractivity contribution in [3.05, 3.63) is 53.9 Å². The number of nitrogens with zero attached hydrogens (tertiary/aromatic N) is 3. The second-order valence-corrected chi connectivity index (χ2v) is 7.12. The molecule has 0 spiro atoms. The highest BCUT2D eigenvalue weighted by Gasteiger charge is 2.21. The van der Waals surface area contributed by atoms with Crippen LogP contribution < -0.4 is 10.6 Å². The molecule has 0 atom stereocenters. The average Bonchev–Trinajstić information content (AvgIpc) is 3.02. The Balaban J connectivity index is 1.72. The van der Waals surface area contributed by atoms with E-state index in [1.165, 1.54) is 6.07 Å². The maximum atomic E-state index is 13.5. The van der Waals surface area contributed by atoms with Gasteiger partial charge in [-0.25, -0.2) is 9.37 Å². The van der Waals surface area contributed by atoms with Gasteiger partial charge in [-0.3, -0.25) is 4.99 Å². The molecule has 0 aliphatic carbocycles. The molecule has 0 aliphatic rings. The number of aryl methyl sites for hydroxylation is 2. The molecule has 0 aliphatic heterocycles. The summed E-state index contributed by atoms with van der Waals surface area (Å²) in [5, 5.41) is 6.68. The molecule has 6 heteroatoms. The minimum absolute atomic E-state index is 0.196. The van der Waals surface area contributed by atoms with Gasteiger partial charge in [0.2, 0.25) is 0 Å². The summed E-state index contributed by atoms with van der Waals surface area (Å²) >= 11 is 0. The van der Waals surface area contributed by atoms with Gasteiger partial charge in [0.1, 0.15) is 11.6 Å². The summed E-state index contributed by atoms with van der Waals surface area (Å²) in [5.41, 5.74) is 0.773. The number of nitrogens with one attached hydrogen (secondary N) is 2. The third kappa shape index (κ3) is 5.86. The first-order valence-electron chi connectivity index (χ1n) is 9.11. The first kappa shape index (κ1) is 19.9. The molecule has 0 bridgehead atoms. The van der Waals surface area contributed by atoms with Crippen LogP contribution in [0.1, 0.15) is 38.1 Å². The lowest BCUT2D eigenvalue weighted by Crippen LogP contribution is -2.43. The second kappa shape index (κ2) is 9.36. The van der Waals surface area contributed by atoms with E-state index in [9.17, 15) is 4.39 Å². The van der Waals surface area contributed by atoms with Crippen molar-refractivity contribution >= 4 is 5.96 Å². The van der Waals surface area contributed by atoms with Crippen LogP contribution in [0, 0.1) is 12.7 Å². The van der Waals surface area contributed by atoms with E-state index < -0.39 is 0 Å². The lowest BCUT2D eigenvalue weighted by Gasteiger charge is -2.27. The highest BCUT2D eigenvalue weighted by Crippen LogP contribution is 2.22. The first-order valence-corrected chi connectivity index (χ1v) is 9.11. The smallest absolute Gasteiger partial charge is 0.191 e. The lowest BCUT2D eigenvalue weighted by molar-refractivity contribution is 0.502. The van der Waals surface area contributed by atoms with Gasteiger partial charge in [0, 0.05) is 44.5 Å². The maximum absolute atomic E-state index is 13.5. The van der Waals surface area contributed by atoms with Crippen molar-refractivity contribution < 1.29 is 4.39 Å². The topological polar surface area (TPSA) is 54.2 Å². The van der Waals surface area contributed by atoms with Gasteiger partial charge in [0.25, 0.3) is 0 Å². The first-order chi connectivity index (χ1) is 12.4. The van der Waals surface area contributed by atoms with Crippen molar-refractivity contribution in [3.63, 3.8) is 0 Å². The fourth-order valence-corrected chi connectivity index (χ4v) is 2.79. The fraction of sp³-hybridized carbons (Fsp3) is 0.500. The molecule has 2 N–H and O–H groups in total. The van der Waals surface area contributed by atoms with Crippen LogP contribution in [0.2, 0.25) is 0 Å². The molecular formula is C20H30FN5. The van der Waals surface area contributed by atoms with Gasteiger partial charge in [-0.1, -0.05) is 26.0 Å². The number of rotatable bonds is 8. The highest BCUT2D eigenvalue weighted by molar-refractivity contribution is 5.79. The molecule has 1 aromatic carbocycles. The molecule has 5 nitrogen and oxygen atoms in total. The van der Waals surface area contributed by atoms with E-state index in [-0.39, 0.29) is 11.2 Å². The summed E-state index contributed by atoms with van der Waals surface area (Å²) in [7, 11) is 1.76. The zero-order chi connectivity index (χ0) is 19.0. The minimum atomic E-state index is -0.203. The minimum Gasteiger partial charge on any atom is -0.356 e. The largest absolute Gasteiger partial charge is 0.356 e. The van der Waals surface area contributed by atoms with Crippen LogP contribution in [0.4, 0.5) is 4.39 Å². The number of aliphatic imine (C=N–C) groups is 1. The predicted molar refractivity (Wildman–Crippen MR) is 105 cm³/mol. The number of benzene rings is 1. The van der Waals surface area contributed by atoms with E-state index >= 15 is 0 Å². The van der Waals surface area contributed by atoms with Gasteiger partial charge in [0.15, 0.2) is 5.96 Å². The molecule has 0 radical (unpaired) electrons. The van der Waals surface area contributed by atoms with Crippen molar-refractivity contribution in [3.8, 4) is 0 Å². The Bertz CT molecular complexity index is 720. The summed E-state index contributed by atoms with van der Waals surface area (Å²) in [6.07, 6.45) is 5.97. The van der Waals surface area contributed by atoms with Crippen LogP contribution in [0.15, 0.2) is 41.7 Å². The standard InChI is InChI=1S/C20H30FN5/c1-16-23-11-13-26(16)12-6-5-10-24-19(22-4)25-15-20(2,3)17-8-7-9-18(21)14-17/h7-9,11,13-14H,5-6,10,12,15H2,1-4H3,(H2,22,24,25). The van der Waals surface area contributed by atoms with E-state index in [1.807, 2.05) is 25.4 Å². The van der Waals surface area contributed by atoms with Crippen molar-refractivity contribution in [1.29, 1.82) is 0 Å². The number of hydrogen-bond donors (Lipinski definition) is 2. The van der Waals surface area contributed by atoms with Crippen LogP contribution in [0.25, 0.3) is 0 Å². The molecule has 2 rings (SSSR count). The Hall–Kier alpha value is -2.37. The molecule has 26 heavy (non-hydrogen) atoms. The number of imidazole rings is 1. The number of halogens is 1. The Morgan fingerprint density at radius 2 is 2.08 bits per heavy atom. The average molecular weight is 359 g/mol. The van der Waals surface area contributed by atoms with Gasteiger partial charge in [-0.05, 0) is 37.5 Å². The SMILES string of the molecule is CN=C(NCCCCn1ccnc1C)NCC(C)(C)c1cccc(F)c1. The monoisotopic (exact) mass is 359 g/mol. The molecule has 0 fully saturated rings. The summed E-state index contributed by atoms with van der Waals surface area (Å²) in [6, 6.07) is 6.77. The maximum Gasteiger partial charge on any atom is 0.191 e. The number of aromatic nitrogens is 2. The second-order valence-electron chi connectivity index (χ2n) is 7.12. The molecule has 0 saturated heterocycles. The Morgan fingerprint density at radius 3 is 2.73 bits per heavy atom. The van der Waals surface area contributed by atoms with Crippen molar-refractivity contribution in [1.82, 2.24) is 20.2 Å². The zero-order valence-electron chi connectivity index (χ0n) is 16.2. The molecule has 142 valence electrons. The van der Waals surface area contributed by atoms with Gasteiger partial charge in [0.05, 0.1) is 0 Å². The summed E-state index contributed by atoms with van der Waals surface area (Å²) in [6.45, 7) is 8.71. The Labute approximate surface area is 155 Å². The molecule has 1 aromatic heterocycles. The molecular weight excluding hydrogens is 329 g/mol. The van der Waals surface area contributed by atoms with E-state index in [1.54, 1.807) is 19.2 Å². The lowest BCUT2D eigenvalue weighted by atomic mass is 9.84. The number of unbranched alkanes of at least 4 members (excludes halogenated alkanes) is 1. The van der Waals surface area contributed by atoms with Gasteiger partial charge >= 0.3 is 0 Å². The van der Waals surface area contributed by atoms with Crippen LogP contribution in [-0.2, 0) is 12.0 Å². The summed E-state index contributed by atoms with van der Waals surface area (Å²) in [5.74, 6) is 1.62. The van der Waals surface area contributed by atoms with E-state index in [4.69, 9.17) is 0 Å². The summed E-state index contributed by atoms with van der Waals surface area (Å²) < 4.78 is 15.6. The molecule has 0 unspecified atom stereocenters. The van der Waals surface area contributed by atoms with Crippen LogP contribution >= 0.6 is 0 Å². The van der Waals surface area contributed by atoms with Gasteiger partial charge < -0.3 is 15.2 Å². The number of hydrogen-bond acceptors (Lipinski definition) is 2. The van der Waals surface area contributed by atoms with Crippen molar-refractivity contribution in [2.45, 2.75) is 45.6 Å². The zero-order valence-corrected chi connectivity index (χ0v) is 16.2. The van der Waals surface area contributed by atoms with Crippen molar-refractivity contribution in [2.75, 3.05) is 20.1 Å². The summed E-state index contributed by atoms with van der Waals surface area (Å²) in [4.78, 5) is 8.50. The van der Waals surface area contributed by atoms with Crippen LogP contribution in [0.3, 0.4) is 0 Å². The van der Waals surface area contributed by atoms with Gasteiger partial charge in [-0.2, -0.15) is 0 Å². The fourth-order valence-electron chi connectivity index (χ4n) is 2.79. The molecule has 0 saturated carbocycles. The normalized spacial score (nSPS) is 12.3. The predicted octanol–water partition coefficient (Wildman–Crippen LogP) is 3.25. The van der Waals surface area contributed by atoms with Crippen LogP contribution in [-0.4, -0.2) is 35.6 Å². The molecule has 0 amide bonds. The van der Waals surface area contributed by atoms with E-state index in [2.05, 4.69) is 39.0 Å². The Kier molecular flexibility index (Phi) is 7.18. The Morgan fingerprint density at radius 1 is 1.27 bits per heavy atom. The third-order valence-corrected chi connectivity index (χ3v) is 4.57. The van der Waals surface area contributed by atoms with Crippen LogP contribution in [0.5, 0.6) is 0 Å². The highest BCUT2D eigenvalue weighted by atomic mass is 19.1.